The molecule has 3 heterocycles. The first-order valence-corrected chi connectivity index (χ1v) is 10.4. The van der Waals surface area contributed by atoms with E-state index < -0.39 is 0 Å². The number of aromatic nitrogens is 2. The molecule has 4 rings (SSSR count). The minimum atomic E-state index is 0.402. The molecule has 7 nitrogen and oxygen atoms in total. The van der Waals surface area contributed by atoms with Crippen LogP contribution < -0.4 is 0 Å². The van der Waals surface area contributed by atoms with E-state index in [1.54, 1.807) is 0 Å². The molecule has 3 aromatic rings. The van der Waals surface area contributed by atoms with E-state index in [-0.39, 0.29) is 0 Å². The van der Waals surface area contributed by atoms with Crippen LogP contribution in [0.25, 0.3) is 10.9 Å². The maximum absolute atomic E-state index is 5.74. The van der Waals surface area contributed by atoms with Gasteiger partial charge in [-0.25, -0.2) is 4.98 Å². The summed E-state index contributed by atoms with van der Waals surface area (Å²) in [4.78, 5) is 19.9. The van der Waals surface area contributed by atoms with Gasteiger partial charge in [0.2, 0.25) is 0 Å². The number of hydrogen-bond donors (Lipinski definition) is 0. The molecular weight excluding hydrogens is 392 g/mol. The predicted molar refractivity (Wildman–Crippen MR) is 120 cm³/mol. The van der Waals surface area contributed by atoms with Gasteiger partial charge in [-0.05, 0) is 50.5 Å². The Morgan fingerprint density at radius 1 is 1.10 bits per heavy atom. The lowest BCUT2D eigenvalue weighted by Crippen LogP contribution is -2.22. The van der Waals surface area contributed by atoms with Crippen molar-refractivity contribution in [3.8, 4) is 0 Å². The molecule has 0 radical (unpaired) electrons. The summed E-state index contributed by atoms with van der Waals surface area (Å²) in [6.07, 6.45) is 1.58. The maximum Gasteiger partial charge on any atom is 0.131 e. The third-order valence-electron chi connectivity index (χ3n) is 5.29. The number of nitrogens with zero attached hydrogens (tertiary/aromatic N) is 4. The van der Waals surface area contributed by atoms with Crippen LogP contribution in [0.2, 0.25) is 0 Å². The number of fused-ring (bicyclic) bond motifs is 2. The highest BCUT2D eigenvalue weighted by atomic mass is 16.6. The second kappa shape index (κ2) is 9.66. The van der Waals surface area contributed by atoms with Crippen LogP contribution in [0.5, 0.6) is 0 Å². The van der Waals surface area contributed by atoms with Crippen LogP contribution in [-0.4, -0.2) is 41.7 Å². The second-order valence-corrected chi connectivity index (χ2v) is 7.42. The van der Waals surface area contributed by atoms with Crippen LogP contribution in [0.3, 0.4) is 0 Å². The Morgan fingerprint density at radius 3 is 2.84 bits per heavy atom. The highest BCUT2D eigenvalue weighted by molar-refractivity contribution is 6.04. The monoisotopic (exact) mass is 418 g/mol. The van der Waals surface area contributed by atoms with Gasteiger partial charge in [0.25, 0.3) is 0 Å². The number of ether oxygens (including phenoxy) is 1. The van der Waals surface area contributed by atoms with Crippen molar-refractivity contribution in [3.05, 3.63) is 70.7 Å². The minimum absolute atomic E-state index is 0.402. The van der Waals surface area contributed by atoms with Gasteiger partial charge in [-0.3, -0.25) is 4.98 Å². The summed E-state index contributed by atoms with van der Waals surface area (Å²) < 4.78 is 5.74. The maximum atomic E-state index is 5.74. The van der Waals surface area contributed by atoms with Gasteiger partial charge in [-0.1, -0.05) is 34.6 Å². The molecule has 31 heavy (non-hydrogen) atoms. The summed E-state index contributed by atoms with van der Waals surface area (Å²) in [5.74, 6) is 0. The number of benzene rings is 1. The molecule has 7 heteroatoms. The highest BCUT2D eigenvalue weighted by Crippen LogP contribution is 2.26. The van der Waals surface area contributed by atoms with Crippen molar-refractivity contribution in [2.45, 2.75) is 33.3 Å². The predicted octanol–water partition coefficient (Wildman–Crippen LogP) is 4.19. The van der Waals surface area contributed by atoms with Crippen molar-refractivity contribution in [2.75, 3.05) is 20.3 Å². The molecule has 0 aliphatic carbocycles. The number of rotatable bonds is 7. The van der Waals surface area contributed by atoms with E-state index in [4.69, 9.17) is 19.4 Å². The molecule has 0 amide bonds. The fraction of sp³-hybridized carbons (Fsp3) is 0.333. The average Bonchev–Trinajstić information content (AvgIpc) is 2.80. The molecule has 1 aliphatic rings. The van der Waals surface area contributed by atoms with Crippen molar-refractivity contribution >= 4 is 22.3 Å². The zero-order valence-corrected chi connectivity index (χ0v) is 18.1. The van der Waals surface area contributed by atoms with Crippen molar-refractivity contribution in [3.63, 3.8) is 0 Å². The van der Waals surface area contributed by atoms with E-state index >= 15 is 0 Å². The molecule has 160 valence electrons. The van der Waals surface area contributed by atoms with Crippen molar-refractivity contribution in [2.24, 2.45) is 10.3 Å². The highest BCUT2D eigenvalue weighted by Gasteiger charge is 2.22. The third kappa shape index (κ3) is 4.72. The standard InChI is InChI=1S/C24H26N4O3/c1-16-19-10-4-5-11-22(19)26-24-20(16)14-30-15-23(24)28-31-13-7-9-18-8-6-12-21(25-18)17(2)27-29-3/h4-6,8,10-12H,7,9,13-15H2,1-3H3. The normalized spacial score (nSPS) is 15.2. The molecule has 2 aromatic heterocycles. The van der Waals surface area contributed by atoms with Gasteiger partial charge in [-0.2, -0.15) is 0 Å². The Labute approximate surface area is 181 Å². The molecule has 0 fully saturated rings. The van der Waals surface area contributed by atoms with E-state index in [1.165, 1.54) is 12.7 Å². The molecule has 0 bridgehead atoms. The van der Waals surface area contributed by atoms with Gasteiger partial charge in [0, 0.05) is 16.6 Å². The first-order chi connectivity index (χ1) is 15.2. The first-order valence-electron chi connectivity index (χ1n) is 10.4. The average molecular weight is 418 g/mol. The van der Waals surface area contributed by atoms with Crippen LogP contribution in [0.1, 0.15) is 41.6 Å². The van der Waals surface area contributed by atoms with Gasteiger partial charge >= 0.3 is 0 Å². The molecule has 0 unspecified atom stereocenters. The number of oxime groups is 2. The van der Waals surface area contributed by atoms with E-state index in [0.717, 1.165) is 57.8 Å². The van der Waals surface area contributed by atoms with Crippen LogP contribution in [0.15, 0.2) is 52.8 Å². The fourth-order valence-corrected chi connectivity index (χ4v) is 3.66. The van der Waals surface area contributed by atoms with Gasteiger partial charge in [-0.15, -0.1) is 0 Å². The van der Waals surface area contributed by atoms with Crippen molar-refractivity contribution in [1.82, 2.24) is 9.97 Å². The number of hydrogen-bond acceptors (Lipinski definition) is 7. The molecule has 1 aliphatic heterocycles. The Balaban J connectivity index is 1.40. The molecule has 1 aromatic carbocycles. The van der Waals surface area contributed by atoms with Crippen LogP contribution in [-0.2, 0) is 27.4 Å². The zero-order chi connectivity index (χ0) is 21.6. The van der Waals surface area contributed by atoms with Crippen molar-refractivity contribution in [1.29, 1.82) is 0 Å². The summed E-state index contributed by atoms with van der Waals surface area (Å²) in [5, 5.41) is 9.43. The lowest BCUT2D eigenvalue weighted by atomic mass is 9.99. The van der Waals surface area contributed by atoms with E-state index in [1.807, 2.05) is 43.3 Å². The van der Waals surface area contributed by atoms with Gasteiger partial charge in [0.05, 0.1) is 30.1 Å². The number of para-hydroxylation sites is 1. The quantitative estimate of drug-likeness (QED) is 0.327. The van der Waals surface area contributed by atoms with Gasteiger partial charge in [0.15, 0.2) is 0 Å². The summed E-state index contributed by atoms with van der Waals surface area (Å²) in [6.45, 7) is 5.42. The smallest absolute Gasteiger partial charge is 0.131 e. The SMILES string of the molecule is CON=C(C)c1cccc(CCCON=C2COCc3c2nc2ccccc2c3C)n1. The van der Waals surface area contributed by atoms with Crippen LogP contribution in [0, 0.1) is 6.92 Å². The molecule has 0 spiro atoms. The van der Waals surface area contributed by atoms with E-state index in [2.05, 4.69) is 28.3 Å². The first kappa shape index (κ1) is 20.9. The van der Waals surface area contributed by atoms with Crippen LogP contribution in [0.4, 0.5) is 0 Å². The van der Waals surface area contributed by atoms with Gasteiger partial charge < -0.3 is 14.4 Å². The summed E-state index contributed by atoms with van der Waals surface area (Å²) in [7, 11) is 1.53. The third-order valence-corrected chi connectivity index (χ3v) is 5.29. The second-order valence-electron chi connectivity index (χ2n) is 7.42. The molecule has 0 saturated carbocycles. The Bertz CT molecular complexity index is 1140. The number of pyridine rings is 2. The summed E-state index contributed by atoms with van der Waals surface area (Å²) >= 11 is 0. The molecule has 0 saturated heterocycles. The fourth-order valence-electron chi connectivity index (χ4n) is 3.66. The minimum Gasteiger partial charge on any atom is -0.399 e. The van der Waals surface area contributed by atoms with Crippen LogP contribution >= 0.6 is 0 Å². The van der Waals surface area contributed by atoms with E-state index in [0.29, 0.717) is 19.8 Å². The Morgan fingerprint density at radius 2 is 1.97 bits per heavy atom. The van der Waals surface area contributed by atoms with E-state index in [9.17, 15) is 0 Å². The summed E-state index contributed by atoms with van der Waals surface area (Å²) in [5.41, 5.74) is 7.39. The Hall–Kier alpha value is -3.32. The lowest BCUT2D eigenvalue weighted by molar-refractivity contribution is 0.124. The molecular formula is C24H26N4O3. The summed E-state index contributed by atoms with van der Waals surface area (Å²) in [6, 6.07) is 14.0. The van der Waals surface area contributed by atoms with Gasteiger partial charge in [0.1, 0.15) is 25.1 Å². The Kier molecular flexibility index (Phi) is 6.52. The van der Waals surface area contributed by atoms with Crippen molar-refractivity contribution < 1.29 is 14.4 Å². The topological polar surface area (TPSA) is 78.2 Å². The molecule has 0 N–H and O–H groups in total. The lowest BCUT2D eigenvalue weighted by Gasteiger charge is -2.20. The molecule has 0 atom stereocenters. The number of aryl methyl sites for hydroxylation is 2. The largest absolute Gasteiger partial charge is 0.399 e. The zero-order valence-electron chi connectivity index (χ0n) is 18.1.